The van der Waals surface area contributed by atoms with Gasteiger partial charge in [-0.1, -0.05) is 86.1 Å². The number of nitrogens with one attached hydrogen (secondary N) is 1. The first kappa shape index (κ1) is 35.7. The Hall–Kier alpha value is -4.58. The Labute approximate surface area is 296 Å². The highest BCUT2D eigenvalue weighted by Crippen LogP contribution is 2.51. The molecule has 2 heterocycles. The predicted molar refractivity (Wildman–Crippen MR) is 199 cm³/mol. The number of rotatable bonds is 12. The number of fused-ring (bicyclic) bond motifs is 6. The van der Waals surface area contributed by atoms with Crippen molar-refractivity contribution in [2.24, 2.45) is 5.11 Å². The fourth-order valence-corrected chi connectivity index (χ4v) is 7.94. The maximum atomic E-state index is 12.3. The fourth-order valence-electron chi connectivity index (χ4n) is 7.94. The van der Waals surface area contributed by atoms with Gasteiger partial charge in [0.05, 0.1) is 5.41 Å². The zero-order valence-electron chi connectivity index (χ0n) is 29.3. The molecule has 1 N–H and O–H groups in total. The van der Waals surface area contributed by atoms with Crippen molar-refractivity contribution in [3.05, 3.63) is 118 Å². The fraction of sp³-hybridized carbons (Fsp3) is 0.366. The van der Waals surface area contributed by atoms with Gasteiger partial charge in [-0.3, -0.25) is 4.79 Å². The number of nitrogens with zero attached hydrogens (tertiary/aromatic N) is 5. The molecule has 0 atom stereocenters. The summed E-state index contributed by atoms with van der Waals surface area (Å²) in [6.07, 6.45) is 10.9. The van der Waals surface area contributed by atoms with Crippen LogP contribution in [-0.4, -0.2) is 42.9 Å². The number of hydrogen-bond acceptors (Lipinski definition) is 3. The van der Waals surface area contributed by atoms with Crippen LogP contribution in [0.15, 0.2) is 102 Å². The Kier molecular flexibility index (Phi) is 10.9. The quantitative estimate of drug-likeness (QED) is 0.0603. The van der Waals surface area contributed by atoms with Gasteiger partial charge in [-0.15, -0.1) is 0 Å². The molecule has 0 saturated carbocycles. The van der Waals surface area contributed by atoms with Gasteiger partial charge in [0.1, 0.15) is 7.05 Å². The molecule has 0 aliphatic carbocycles. The maximum Gasteiger partial charge on any atom is 0.219 e. The highest BCUT2D eigenvalue weighted by molar-refractivity contribution is 6.07. The molecule has 0 bridgehead atoms. The van der Waals surface area contributed by atoms with Gasteiger partial charge in [-0.05, 0) is 84.0 Å². The number of allylic oxidation sites excluding steroid dienone is 4. The van der Waals surface area contributed by atoms with E-state index in [1.807, 2.05) is 0 Å². The highest BCUT2D eigenvalue weighted by atomic mass is 35.5. The monoisotopic (exact) mass is 674 g/mol. The summed E-state index contributed by atoms with van der Waals surface area (Å²) in [6, 6.07) is 26.4. The van der Waals surface area contributed by atoms with E-state index in [1.165, 1.54) is 55.5 Å². The summed E-state index contributed by atoms with van der Waals surface area (Å²) < 4.78 is 2.35. The number of benzene rings is 4. The molecule has 0 unspecified atom stereocenters. The van der Waals surface area contributed by atoms with E-state index in [0.717, 1.165) is 25.8 Å². The highest BCUT2D eigenvalue weighted by Gasteiger charge is 2.44. The lowest BCUT2D eigenvalue weighted by Crippen LogP contribution is -3.00. The van der Waals surface area contributed by atoms with Crippen molar-refractivity contribution in [3.63, 3.8) is 0 Å². The number of carbonyl (C=O) groups excluding carboxylic acids is 1. The number of amides is 1. The van der Waals surface area contributed by atoms with Crippen LogP contribution >= 0.6 is 0 Å². The van der Waals surface area contributed by atoms with Crippen molar-refractivity contribution < 1.29 is 21.8 Å². The molecule has 4 aromatic rings. The average Bonchev–Trinajstić information content (AvgIpc) is 3.42. The van der Waals surface area contributed by atoms with E-state index in [-0.39, 0.29) is 29.1 Å². The molecule has 0 aromatic heterocycles. The van der Waals surface area contributed by atoms with Crippen LogP contribution in [0.4, 0.5) is 11.4 Å². The van der Waals surface area contributed by atoms with Gasteiger partial charge in [-0.2, -0.15) is 4.58 Å². The topological polar surface area (TPSA) is 84.1 Å². The third kappa shape index (κ3) is 6.83. The number of anilines is 1. The van der Waals surface area contributed by atoms with Gasteiger partial charge in [0.25, 0.3) is 0 Å². The second-order valence-corrected chi connectivity index (χ2v) is 14.1. The Balaban J connectivity index is 0.00000468. The lowest BCUT2D eigenvalue weighted by Gasteiger charge is -2.27. The van der Waals surface area contributed by atoms with Crippen LogP contribution in [0, 0.1) is 0 Å². The van der Waals surface area contributed by atoms with Gasteiger partial charge < -0.3 is 22.6 Å². The standard InChI is InChI=1S/C41H46N6O.ClH/c1-40(2)35(46(5)33-24-22-29-15-8-10-17-31(29)38(33)40)19-13-20-36-41(3,4)39-32-18-11-9-16-30(32)23-25-34(39)47(36)28-12-6-7-21-37(48)43-26-14-27-44-45-42;/h8-11,13,15-20,22-25H,6-7,12,14,21,26-28H2,1-5H3;1H. The van der Waals surface area contributed by atoms with Gasteiger partial charge >= 0.3 is 0 Å². The van der Waals surface area contributed by atoms with Crippen molar-refractivity contribution in [1.29, 1.82) is 0 Å². The van der Waals surface area contributed by atoms with Crippen LogP contribution in [0.3, 0.4) is 0 Å². The molecule has 4 aromatic carbocycles. The van der Waals surface area contributed by atoms with Crippen LogP contribution in [0.2, 0.25) is 0 Å². The first-order valence-corrected chi connectivity index (χ1v) is 17.3. The minimum absolute atomic E-state index is 0. The second-order valence-electron chi connectivity index (χ2n) is 14.1. The smallest absolute Gasteiger partial charge is 0.219 e. The minimum Gasteiger partial charge on any atom is -1.00 e. The van der Waals surface area contributed by atoms with Crippen LogP contribution in [-0.2, 0) is 15.6 Å². The largest absolute Gasteiger partial charge is 1.00 e. The summed E-state index contributed by atoms with van der Waals surface area (Å²) in [7, 11) is 2.19. The normalized spacial score (nSPS) is 16.6. The zero-order chi connectivity index (χ0) is 33.9. The molecular formula is C41H47ClN6O. The van der Waals surface area contributed by atoms with E-state index < -0.39 is 0 Å². The number of unbranched alkanes of at least 4 members (excludes halogenated alkanes) is 2. The number of carbonyl (C=O) groups is 1. The predicted octanol–water partition coefficient (Wildman–Crippen LogP) is 6.62. The number of halogens is 1. The molecule has 8 heteroatoms. The molecule has 254 valence electrons. The third-order valence-corrected chi connectivity index (χ3v) is 10.3. The van der Waals surface area contributed by atoms with Crippen molar-refractivity contribution in [2.45, 2.75) is 70.6 Å². The van der Waals surface area contributed by atoms with Gasteiger partial charge in [-0.25, -0.2) is 0 Å². The van der Waals surface area contributed by atoms with Crippen molar-refractivity contribution >= 4 is 44.5 Å². The molecular weight excluding hydrogens is 628 g/mol. The molecule has 0 spiro atoms. The van der Waals surface area contributed by atoms with Crippen molar-refractivity contribution in [1.82, 2.24) is 5.32 Å². The van der Waals surface area contributed by atoms with Crippen LogP contribution < -0.4 is 22.6 Å². The van der Waals surface area contributed by atoms with Crippen molar-refractivity contribution in [3.8, 4) is 0 Å². The molecule has 0 saturated heterocycles. The summed E-state index contributed by atoms with van der Waals surface area (Å²) >= 11 is 0. The summed E-state index contributed by atoms with van der Waals surface area (Å²) in [5.74, 6) is 0.0632. The van der Waals surface area contributed by atoms with E-state index in [9.17, 15) is 4.79 Å². The molecule has 0 radical (unpaired) electrons. The Bertz CT molecular complexity index is 2020. The number of hydrogen-bond donors (Lipinski definition) is 1. The van der Waals surface area contributed by atoms with Gasteiger partial charge in [0.2, 0.25) is 11.6 Å². The average molecular weight is 675 g/mol. The minimum atomic E-state index is -0.184. The Morgan fingerprint density at radius 2 is 1.55 bits per heavy atom. The molecule has 49 heavy (non-hydrogen) atoms. The molecule has 1 amide bonds. The summed E-state index contributed by atoms with van der Waals surface area (Å²) in [4.78, 5) is 17.6. The van der Waals surface area contributed by atoms with Crippen molar-refractivity contribution in [2.75, 3.05) is 31.6 Å². The summed E-state index contributed by atoms with van der Waals surface area (Å²) in [6.45, 7) is 11.2. The first-order chi connectivity index (χ1) is 23.2. The molecule has 6 rings (SSSR count). The van der Waals surface area contributed by atoms with E-state index in [4.69, 9.17) is 5.53 Å². The SMILES string of the molecule is C[N+]1=C(C=CC=C2N(CCCCCC(=O)NCCCN=[N+]=[N-])c3ccc4ccccc4c3C2(C)C)C(C)(C)c2c1ccc1ccccc21.[Cl-]. The van der Waals surface area contributed by atoms with Gasteiger partial charge in [0, 0.05) is 65.5 Å². The maximum absolute atomic E-state index is 12.3. The third-order valence-electron chi connectivity index (χ3n) is 10.3. The van der Waals surface area contributed by atoms with Crippen LogP contribution in [0.1, 0.15) is 70.9 Å². The zero-order valence-corrected chi connectivity index (χ0v) is 30.1. The van der Waals surface area contributed by atoms with Crippen LogP contribution in [0.5, 0.6) is 0 Å². The van der Waals surface area contributed by atoms with E-state index in [0.29, 0.717) is 25.9 Å². The molecule has 2 aliphatic heterocycles. The van der Waals surface area contributed by atoms with Gasteiger partial charge in [0.15, 0.2) is 5.71 Å². The Morgan fingerprint density at radius 3 is 2.27 bits per heavy atom. The first-order valence-electron chi connectivity index (χ1n) is 17.3. The summed E-state index contributed by atoms with van der Waals surface area (Å²) in [5.41, 5.74) is 16.0. The van der Waals surface area contributed by atoms with E-state index >= 15 is 0 Å². The van der Waals surface area contributed by atoms with Crippen LogP contribution in [0.25, 0.3) is 32.0 Å². The van der Waals surface area contributed by atoms with E-state index in [1.54, 1.807) is 0 Å². The lowest BCUT2D eigenvalue weighted by molar-refractivity contribution is -0.401. The Morgan fingerprint density at radius 1 is 0.878 bits per heavy atom. The molecule has 2 aliphatic rings. The summed E-state index contributed by atoms with van der Waals surface area (Å²) in [5, 5.41) is 11.6. The molecule has 7 nitrogen and oxygen atoms in total. The lowest BCUT2D eigenvalue weighted by atomic mass is 9.79. The number of azide groups is 1. The van der Waals surface area contributed by atoms with E-state index in [2.05, 4.69) is 151 Å². The molecule has 0 fully saturated rings. The second kappa shape index (κ2) is 14.9.